The minimum absolute atomic E-state index is 0.613. The zero-order valence-corrected chi connectivity index (χ0v) is 11.1. The van der Waals surface area contributed by atoms with Gasteiger partial charge in [0.15, 0.2) is 0 Å². The molecule has 2 aromatic rings. The number of aromatic nitrogens is 2. The molecule has 2 nitrogen and oxygen atoms in total. The first-order chi connectivity index (χ1) is 8.27. The summed E-state index contributed by atoms with van der Waals surface area (Å²) >= 11 is 0. The quantitative estimate of drug-likeness (QED) is 0.750. The topological polar surface area (TPSA) is 17.8 Å². The van der Waals surface area contributed by atoms with Crippen molar-refractivity contribution in [3.05, 3.63) is 30.1 Å². The second-order valence-electron chi connectivity index (χ2n) is 4.79. The molecule has 0 aliphatic carbocycles. The Labute approximate surface area is 104 Å². The highest BCUT2D eigenvalue weighted by Crippen LogP contribution is 2.27. The van der Waals surface area contributed by atoms with Crippen LogP contribution in [0.5, 0.6) is 0 Å². The molecule has 0 atom stereocenters. The molecule has 1 heterocycles. The van der Waals surface area contributed by atoms with Crippen molar-refractivity contribution in [3.8, 4) is 0 Å². The predicted molar refractivity (Wildman–Crippen MR) is 73.3 cm³/mol. The highest BCUT2D eigenvalue weighted by molar-refractivity contribution is 5.75. The Morgan fingerprint density at radius 1 is 1.12 bits per heavy atom. The second kappa shape index (κ2) is 5.35. The van der Waals surface area contributed by atoms with Gasteiger partial charge in [0.2, 0.25) is 0 Å². The summed E-state index contributed by atoms with van der Waals surface area (Å²) in [6.07, 6.45) is 4.94. The van der Waals surface area contributed by atoms with E-state index in [-0.39, 0.29) is 0 Å². The fourth-order valence-electron chi connectivity index (χ4n) is 2.63. The molecule has 0 radical (unpaired) electrons. The Hall–Kier alpha value is -1.31. The smallest absolute Gasteiger partial charge is 0.112 e. The lowest BCUT2D eigenvalue weighted by molar-refractivity contribution is 0.521. The van der Waals surface area contributed by atoms with Crippen molar-refractivity contribution >= 4 is 11.0 Å². The fourth-order valence-corrected chi connectivity index (χ4v) is 2.63. The minimum Gasteiger partial charge on any atom is -0.331 e. The summed E-state index contributed by atoms with van der Waals surface area (Å²) in [4.78, 5) is 4.81. The summed E-state index contributed by atoms with van der Waals surface area (Å²) in [7, 11) is 2.14. The normalized spacial score (nSPS) is 11.5. The van der Waals surface area contributed by atoms with Gasteiger partial charge < -0.3 is 4.57 Å². The molecule has 0 bridgehead atoms. The molecular formula is C15H22N2. The van der Waals surface area contributed by atoms with Crippen molar-refractivity contribution < 1.29 is 0 Å². The van der Waals surface area contributed by atoms with E-state index in [0.29, 0.717) is 5.92 Å². The van der Waals surface area contributed by atoms with E-state index in [0.717, 1.165) is 5.52 Å². The lowest BCUT2D eigenvalue weighted by atomic mass is 9.97. The molecule has 2 heteroatoms. The van der Waals surface area contributed by atoms with E-state index in [4.69, 9.17) is 4.98 Å². The van der Waals surface area contributed by atoms with E-state index in [2.05, 4.69) is 49.7 Å². The number of imidazole rings is 1. The van der Waals surface area contributed by atoms with Crippen LogP contribution in [-0.2, 0) is 7.05 Å². The number of hydrogen-bond acceptors (Lipinski definition) is 1. The van der Waals surface area contributed by atoms with Crippen molar-refractivity contribution in [2.24, 2.45) is 7.05 Å². The molecule has 1 aromatic carbocycles. The molecule has 0 spiro atoms. The molecule has 0 amide bonds. The third-order valence-electron chi connectivity index (χ3n) is 3.46. The predicted octanol–water partition coefficient (Wildman–Crippen LogP) is 4.26. The van der Waals surface area contributed by atoms with Crippen molar-refractivity contribution in [1.82, 2.24) is 9.55 Å². The highest BCUT2D eigenvalue weighted by atomic mass is 15.1. The Morgan fingerprint density at radius 2 is 1.76 bits per heavy atom. The van der Waals surface area contributed by atoms with Crippen LogP contribution in [0.4, 0.5) is 0 Å². The first-order valence-electron chi connectivity index (χ1n) is 6.69. The van der Waals surface area contributed by atoms with Gasteiger partial charge in [-0.25, -0.2) is 4.98 Å². The van der Waals surface area contributed by atoms with Crippen LogP contribution in [0.25, 0.3) is 11.0 Å². The average molecular weight is 230 g/mol. The van der Waals surface area contributed by atoms with E-state index in [9.17, 15) is 0 Å². The lowest BCUT2D eigenvalue weighted by Crippen LogP contribution is -2.06. The van der Waals surface area contributed by atoms with Gasteiger partial charge in [-0.05, 0) is 25.0 Å². The Kier molecular flexibility index (Phi) is 3.82. The third-order valence-corrected chi connectivity index (χ3v) is 3.46. The maximum atomic E-state index is 4.81. The van der Waals surface area contributed by atoms with Gasteiger partial charge in [0.1, 0.15) is 5.82 Å². The fraction of sp³-hybridized carbons (Fsp3) is 0.533. The van der Waals surface area contributed by atoms with Gasteiger partial charge in [-0.2, -0.15) is 0 Å². The van der Waals surface area contributed by atoms with Gasteiger partial charge in [-0.1, -0.05) is 38.8 Å². The van der Waals surface area contributed by atoms with Crippen LogP contribution in [0.2, 0.25) is 0 Å². The molecule has 1 aromatic heterocycles. The molecule has 0 fully saturated rings. The standard InChI is InChI=1S/C15H22N2/c1-4-8-12(9-5-2)15-16-13-10-6-7-11-14(13)17(15)3/h6-7,10-12H,4-5,8-9H2,1-3H3. The van der Waals surface area contributed by atoms with Gasteiger partial charge in [0.05, 0.1) is 11.0 Å². The Balaban J connectivity index is 2.42. The summed E-state index contributed by atoms with van der Waals surface area (Å²) in [5, 5.41) is 0. The zero-order valence-electron chi connectivity index (χ0n) is 11.1. The molecule has 17 heavy (non-hydrogen) atoms. The summed E-state index contributed by atoms with van der Waals surface area (Å²) in [5.74, 6) is 1.87. The number of aryl methyl sites for hydroxylation is 1. The van der Waals surface area contributed by atoms with E-state index < -0.39 is 0 Å². The second-order valence-corrected chi connectivity index (χ2v) is 4.79. The number of para-hydroxylation sites is 2. The molecular weight excluding hydrogens is 208 g/mol. The number of hydrogen-bond donors (Lipinski definition) is 0. The number of nitrogens with zero attached hydrogens (tertiary/aromatic N) is 2. The number of fused-ring (bicyclic) bond motifs is 1. The first kappa shape index (κ1) is 12.2. The summed E-state index contributed by atoms with van der Waals surface area (Å²) in [6.45, 7) is 4.51. The molecule has 0 unspecified atom stereocenters. The molecule has 92 valence electrons. The highest BCUT2D eigenvalue weighted by Gasteiger charge is 2.16. The van der Waals surface area contributed by atoms with Crippen molar-refractivity contribution in [2.75, 3.05) is 0 Å². The molecule has 0 aliphatic rings. The number of benzene rings is 1. The third kappa shape index (κ3) is 2.36. The van der Waals surface area contributed by atoms with Crippen LogP contribution in [0.3, 0.4) is 0 Å². The number of rotatable bonds is 5. The summed E-state index contributed by atoms with van der Waals surface area (Å²) < 4.78 is 2.27. The van der Waals surface area contributed by atoms with E-state index in [1.165, 1.54) is 37.0 Å². The van der Waals surface area contributed by atoms with Gasteiger partial charge in [-0.3, -0.25) is 0 Å². The first-order valence-corrected chi connectivity index (χ1v) is 6.69. The van der Waals surface area contributed by atoms with Crippen LogP contribution in [-0.4, -0.2) is 9.55 Å². The SMILES string of the molecule is CCCC(CCC)c1nc2ccccc2n1C. The Morgan fingerprint density at radius 3 is 2.35 bits per heavy atom. The van der Waals surface area contributed by atoms with Crippen LogP contribution in [0.15, 0.2) is 24.3 Å². The molecule has 0 N–H and O–H groups in total. The maximum absolute atomic E-state index is 4.81. The van der Waals surface area contributed by atoms with Crippen LogP contribution in [0.1, 0.15) is 51.3 Å². The van der Waals surface area contributed by atoms with Gasteiger partial charge >= 0.3 is 0 Å². The van der Waals surface area contributed by atoms with Crippen molar-refractivity contribution in [3.63, 3.8) is 0 Å². The minimum atomic E-state index is 0.613. The van der Waals surface area contributed by atoms with E-state index >= 15 is 0 Å². The summed E-state index contributed by atoms with van der Waals surface area (Å²) in [6, 6.07) is 8.41. The van der Waals surface area contributed by atoms with Crippen LogP contribution < -0.4 is 0 Å². The average Bonchev–Trinajstić information content (AvgIpc) is 2.67. The monoisotopic (exact) mass is 230 g/mol. The Bertz CT molecular complexity index is 479. The van der Waals surface area contributed by atoms with Crippen molar-refractivity contribution in [1.29, 1.82) is 0 Å². The molecule has 0 saturated heterocycles. The largest absolute Gasteiger partial charge is 0.331 e. The molecule has 0 aliphatic heterocycles. The van der Waals surface area contributed by atoms with Crippen LogP contribution >= 0.6 is 0 Å². The van der Waals surface area contributed by atoms with E-state index in [1.807, 2.05) is 0 Å². The lowest BCUT2D eigenvalue weighted by Gasteiger charge is -2.14. The van der Waals surface area contributed by atoms with E-state index in [1.54, 1.807) is 0 Å². The van der Waals surface area contributed by atoms with Crippen molar-refractivity contribution in [2.45, 2.75) is 45.4 Å². The van der Waals surface area contributed by atoms with Crippen LogP contribution in [0, 0.1) is 0 Å². The maximum Gasteiger partial charge on any atom is 0.112 e. The van der Waals surface area contributed by atoms with Gasteiger partial charge in [0, 0.05) is 13.0 Å². The molecule has 0 saturated carbocycles. The zero-order chi connectivity index (χ0) is 12.3. The molecule has 2 rings (SSSR count). The summed E-state index contributed by atoms with van der Waals surface area (Å²) in [5.41, 5.74) is 2.38. The van der Waals surface area contributed by atoms with Gasteiger partial charge in [0.25, 0.3) is 0 Å². The van der Waals surface area contributed by atoms with Gasteiger partial charge in [-0.15, -0.1) is 0 Å².